The average molecular weight is 312 g/mol. The number of pyridine rings is 1. The Hall–Kier alpha value is -1.51. The van der Waals surface area contributed by atoms with Crippen molar-refractivity contribution in [2.45, 2.75) is 19.8 Å². The summed E-state index contributed by atoms with van der Waals surface area (Å²) in [5, 5.41) is 4.93. The molecular formula is C13H20N4O3S. The number of carbonyl (C=O) groups is 1. The van der Waals surface area contributed by atoms with Crippen LogP contribution < -0.4 is 9.86 Å². The molecule has 0 aliphatic carbocycles. The van der Waals surface area contributed by atoms with E-state index in [1.807, 2.05) is 13.0 Å². The van der Waals surface area contributed by atoms with E-state index >= 15 is 0 Å². The van der Waals surface area contributed by atoms with Crippen LogP contribution in [0.1, 0.15) is 28.9 Å². The quantitative estimate of drug-likeness (QED) is 0.818. The van der Waals surface area contributed by atoms with E-state index in [9.17, 15) is 13.2 Å². The Labute approximate surface area is 124 Å². The van der Waals surface area contributed by atoms with Crippen molar-refractivity contribution in [2.24, 2.45) is 11.1 Å². The molecule has 2 rings (SSSR count). The van der Waals surface area contributed by atoms with Gasteiger partial charge in [-0.25, -0.2) is 9.86 Å². The molecule has 0 bridgehead atoms. The number of nitrogens with one attached hydrogen (secondary N) is 1. The maximum atomic E-state index is 12.5. The van der Waals surface area contributed by atoms with Gasteiger partial charge in [-0.05, 0) is 37.3 Å². The Kier molecular flexibility index (Phi) is 4.92. The Balaban J connectivity index is 2.01. The van der Waals surface area contributed by atoms with E-state index in [1.54, 1.807) is 17.2 Å². The monoisotopic (exact) mass is 312 g/mol. The largest absolute Gasteiger partial charge is 0.337 e. The Bertz CT molecular complexity index is 618. The van der Waals surface area contributed by atoms with Gasteiger partial charge in [-0.3, -0.25) is 9.78 Å². The highest BCUT2D eigenvalue weighted by Crippen LogP contribution is 2.18. The second-order valence-electron chi connectivity index (χ2n) is 5.32. The number of piperidine rings is 1. The van der Waals surface area contributed by atoms with E-state index in [-0.39, 0.29) is 18.4 Å². The molecule has 2 heterocycles. The summed E-state index contributed by atoms with van der Waals surface area (Å²) in [7, 11) is -3.69. The highest BCUT2D eigenvalue weighted by Gasteiger charge is 2.26. The van der Waals surface area contributed by atoms with Gasteiger partial charge in [0.05, 0.1) is 0 Å². The topological polar surface area (TPSA) is 105 Å². The molecule has 1 fully saturated rings. The molecule has 1 aromatic heterocycles. The SMILES string of the molecule is Cc1cccnc1C(=O)N1CCCC(CNS(N)(=O)=O)C1. The van der Waals surface area contributed by atoms with Gasteiger partial charge in [0.15, 0.2) is 0 Å². The number of carbonyl (C=O) groups excluding carboxylic acids is 1. The number of rotatable bonds is 4. The van der Waals surface area contributed by atoms with E-state index in [4.69, 9.17) is 5.14 Å². The molecular weight excluding hydrogens is 292 g/mol. The highest BCUT2D eigenvalue weighted by atomic mass is 32.2. The summed E-state index contributed by atoms with van der Waals surface area (Å²) in [6.07, 6.45) is 3.31. The molecule has 7 nitrogen and oxygen atoms in total. The number of likely N-dealkylation sites (tertiary alicyclic amines) is 1. The predicted molar refractivity (Wildman–Crippen MR) is 78.7 cm³/mol. The first kappa shape index (κ1) is 15.9. The van der Waals surface area contributed by atoms with E-state index < -0.39 is 10.2 Å². The maximum Gasteiger partial charge on any atom is 0.274 e. The van der Waals surface area contributed by atoms with Gasteiger partial charge < -0.3 is 4.90 Å². The van der Waals surface area contributed by atoms with Crippen molar-refractivity contribution in [3.8, 4) is 0 Å². The number of aryl methyl sites for hydroxylation is 1. The van der Waals surface area contributed by atoms with Crippen LogP contribution in [0.2, 0.25) is 0 Å². The van der Waals surface area contributed by atoms with Crippen LogP contribution in [0.5, 0.6) is 0 Å². The van der Waals surface area contributed by atoms with Crippen LogP contribution in [0.25, 0.3) is 0 Å². The lowest BCUT2D eigenvalue weighted by Gasteiger charge is -2.32. The molecule has 1 unspecified atom stereocenters. The summed E-state index contributed by atoms with van der Waals surface area (Å²) >= 11 is 0. The van der Waals surface area contributed by atoms with E-state index in [0.29, 0.717) is 18.8 Å². The molecule has 0 radical (unpaired) electrons. The maximum absolute atomic E-state index is 12.5. The Morgan fingerprint density at radius 3 is 3.00 bits per heavy atom. The first-order valence-corrected chi connectivity index (χ1v) is 8.40. The van der Waals surface area contributed by atoms with Gasteiger partial charge in [0, 0.05) is 25.8 Å². The smallest absolute Gasteiger partial charge is 0.274 e. The molecule has 8 heteroatoms. The number of amides is 1. The molecule has 3 N–H and O–H groups in total. The normalized spacial score (nSPS) is 19.5. The van der Waals surface area contributed by atoms with Crippen LogP contribution >= 0.6 is 0 Å². The van der Waals surface area contributed by atoms with Gasteiger partial charge in [0.2, 0.25) is 0 Å². The number of nitrogens with two attached hydrogens (primary N) is 1. The minimum absolute atomic E-state index is 0.0741. The zero-order valence-corrected chi connectivity index (χ0v) is 12.8. The minimum atomic E-state index is -3.69. The molecule has 1 atom stereocenters. The fourth-order valence-corrected chi connectivity index (χ4v) is 2.98. The fourth-order valence-electron chi connectivity index (χ4n) is 2.51. The zero-order chi connectivity index (χ0) is 15.5. The Morgan fingerprint density at radius 2 is 2.33 bits per heavy atom. The zero-order valence-electron chi connectivity index (χ0n) is 11.9. The second kappa shape index (κ2) is 6.50. The third-order valence-electron chi connectivity index (χ3n) is 3.59. The summed E-state index contributed by atoms with van der Waals surface area (Å²) in [5.74, 6) is -0.0292. The molecule has 21 heavy (non-hydrogen) atoms. The highest BCUT2D eigenvalue weighted by molar-refractivity contribution is 7.87. The third kappa shape index (κ3) is 4.48. The molecule has 1 aromatic rings. The number of aromatic nitrogens is 1. The van der Waals surface area contributed by atoms with Crippen LogP contribution in [-0.4, -0.2) is 43.8 Å². The van der Waals surface area contributed by atoms with Gasteiger partial charge >= 0.3 is 0 Å². The van der Waals surface area contributed by atoms with Crippen molar-refractivity contribution < 1.29 is 13.2 Å². The van der Waals surface area contributed by atoms with Gasteiger partial charge in [0.1, 0.15) is 5.69 Å². The van der Waals surface area contributed by atoms with Crippen molar-refractivity contribution in [1.82, 2.24) is 14.6 Å². The average Bonchev–Trinajstić information content (AvgIpc) is 2.44. The fraction of sp³-hybridized carbons (Fsp3) is 0.538. The van der Waals surface area contributed by atoms with Crippen LogP contribution in [0.4, 0.5) is 0 Å². The summed E-state index contributed by atoms with van der Waals surface area (Å²) in [6, 6.07) is 3.64. The number of hydrogen-bond donors (Lipinski definition) is 2. The van der Waals surface area contributed by atoms with Gasteiger partial charge in [-0.2, -0.15) is 8.42 Å². The van der Waals surface area contributed by atoms with Gasteiger partial charge in [0.25, 0.3) is 16.1 Å². The molecule has 1 amide bonds. The molecule has 0 aromatic carbocycles. The lowest BCUT2D eigenvalue weighted by molar-refractivity contribution is 0.0669. The van der Waals surface area contributed by atoms with E-state index in [0.717, 1.165) is 18.4 Å². The molecule has 1 saturated heterocycles. The first-order valence-electron chi connectivity index (χ1n) is 6.85. The summed E-state index contributed by atoms with van der Waals surface area (Å²) < 4.78 is 24.2. The van der Waals surface area contributed by atoms with Gasteiger partial charge in [-0.1, -0.05) is 6.07 Å². The molecule has 1 aliphatic rings. The van der Waals surface area contributed by atoms with Crippen molar-refractivity contribution >= 4 is 16.1 Å². The van der Waals surface area contributed by atoms with Crippen molar-refractivity contribution in [3.05, 3.63) is 29.6 Å². The summed E-state index contributed by atoms with van der Waals surface area (Å²) in [6.45, 7) is 3.28. The summed E-state index contributed by atoms with van der Waals surface area (Å²) in [5.41, 5.74) is 1.30. The van der Waals surface area contributed by atoms with Crippen molar-refractivity contribution in [3.63, 3.8) is 0 Å². The lowest BCUT2D eigenvalue weighted by Crippen LogP contribution is -2.45. The van der Waals surface area contributed by atoms with Crippen LogP contribution in [0.15, 0.2) is 18.3 Å². The third-order valence-corrected chi connectivity index (χ3v) is 4.16. The standard InChI is InChI=1S/C13H20N4O3S/c1-10-4-2-6-15-12(10)13(18)17-7-3-5-11(9-17)8-16-21(14,19)20/h2,4,6,11,16H,3,5,7-9H2,1H3,(H2,14,19,20). The first-order chi connectivity index (χ1) is 9.87. The van der Waals surface area contributed by atoms with Crippen LogP contribution in [0.3, 0.4) is 0 Å². The minimum Gasteiger partial charge on any atom is -0.337 e. The molecule has 0 saturated carbocycles. The molecule has 0 spiro atoms. The van der Waals surface area contributed by atoms with Crippen LogP contribution in [-0.2, 0) is 10.2 Å². The number of nitrogens with zero attached hydrogens (tertiary/aromatic N) is 2. The molecule has 116 valence electrons. The number of hydrogen-bond acceptors (Lipinski definition) is 4. The molecule has 1 aliphatic heterocycles. The Morgan fingerprint density at radius 1 is 1.57 bits per heavy atom. The van der Waals surface area contributed by atoms with E-state index in [2.05, 4.69) is 9.71 Å². The van der Waals surface area contributed by atoms with E-state index in [1.165, 1.54) is 0 Å². The van der Waals surface area contributed by atoms with Crippen molar-refractivity contribution in [2.75, 3.05) is 19.6 Å². The van der Waals surface area contributed by atoms with Gasteiger partial charge in [-0.15, -0.1) is 0 Å². The second-order valence-corrected chi connectivity index (χ2v) is 6.70. The van der Waals surface area contributed by atoms with Crippen molar-refractivity contribution in [1.29, 1.82) is 0 Å². The van der Waals surface area contributed by atoms with Crippen LogP contribution in [0, 0.1) is 12.8 Å². The summed E-state index contributed by atoms with van der Waals surface area (Å²) in [4.78, 5) is 18.3. The predicted octanol–water partition coefficient (Wildman–Crippen LogP) is 0.0353. The lowest BCUT2D eigenvalue weighted by atomic mass is 9.98.